The van der Waals surface area contributed by atoms with Crippen LogP contribution < -0.4 is 5.73 Å². The Hall–Kier alpha value is 0.0562. The van der Waals surface area contributed by atoms with E-state index in [-0.39, 0.29) is 25.9 Å². The summed E-state index contributed by atoms with van der Waals surface area (Å²) in [5.41, 5.74) is 4.15. The van der Waals surface area contributed by atoms with Crippen LogP contribution in [0.1, 0.15) is 2.85 Å². The van der Waals surface area contributed by atoms with Crippen molar-refractivity contribution in [2.75, 3.05) is 0 Å². The summed E-state index contributed by atoms with van der Waals surface area (Å²) < 4.78 is 0. The number of nitriles is 1. The molecule has 0 spiro atoms. The molecule has 0 aromatic carbocycles. The molecule has 0 aliphatic carbocycles. The largest absolute Gasteiger partial charge is 2.00 e. The van der Waals surface area contributed by atoms with Gasteiger partial charge in [0.15, 0.2) is 6.19 Å². The Morgan fingerprint density at radius 1 is 2.00 bits per heavy atom. The molecule has 0 aromatic heterocycles. The zero-order valence-electron chi connectivity index (χ0n) is 4.23. The van der Waals surface area contributed by atoms with Crippen molar-refractivity contribution in [3.05, 3.63) is 0 Å². The zero-order chi connectivity index (χ0) is 2.71. The molecule has 0 bridgehead atoms. The third kappa shape index (κ3) is 725. The van der Waals surface area contributed by atoms with Crippen molar-refractivity contribution >= 4 is 23.1 Å². The molecule has 2 nitrogen and oxygen atoms in total. The standard InChI is InChI=1S/CH2N2.Mg.2H/c2-1-3;;;/h2H2;;;/q;+2;2*-1. The molecular weight excluding hydrogens is 64.3 g/mol. The third-order valence-electron chi connectivity index (χ3n) is 0. The second-order valence-electron chi connectivity index (χ2n) is 0.129. The molecule has 0 saturated heterocycles. The Labute approximate surface area is 43.7 Å². The minimum atomic E-state index is 0. The molecule has 0 aliphatic heterocycles. The van der Waals surface area contributed by atoms with Gasteiger partial charge < -0.3 is 8.59 Å². The normalized spacial score (nSPS) is 1.75. The van der Waals surface area contributed by atoms with Gasteiger partial charge in [-0.25, -0.2) is 0 Å². The van der Waals surface area contributed by atoms with Crippen LogP contribution in [0, 0.1) is 11.5 Å². The Bertz CT molecular complexity index is 33.0. The van der Waals surface area contributed by atoms with E-state index in [1.807, 2.05) is 0 Å². The summed E-state index contributed by atoms with van der Waals surface area (Å²) in [5.74, 6) is 0. The number of hydrogen-bond donors (Lipinski definition) is 1. The topological polar surface area (TPSA) is 49.8 Å². The van der Waals surface area contributed by atoms with Gasteiger partial charge in [0.2, 0.25) is 0 Å². The summed E-state index contributed by atoms with van der Waals surface area (Å²) in [4.78, 5) is 0. The first-order valence-corrected chi connectivity index (χ1v) is 0.512. The van der Waals surface area contributed by atoms with Gasteiger partial charge in [-0.2, -0.15) is 5.26 Å². The first-order chi connectivity index (χ1) is 1.41. The number of nitrogens with zero attached hydrogens (tertiary/aromatic N) is 1. The van der Waals surface area contributed by atoms with Gasteiger partial charge in [-0.15, -0.1) is 0 Å². The molecule has 0 rings (SSSR count). The number of hydrogen-bond acceptors (Lipinski definition) is 2. The molecule has 2 N–H and O–H groups in total. The van der Waals surface area contributed by atoms with E-state index in [9.17, 15) is 0 Å². The molecule has 0 aliphatic rings. The summed E-state index contributed by atoms with van der Waals surface area (Å²) in [6.07, 6.45) is 1.25. The molecule has 0 saturated carbocycles. The Kier molecular flexibility index (Phi) is 25.9. The van der Waals surface area contributed by atoms with Crippen LogP contribution in [0.15, 0.2) is 0 Å². The number of rotatable bonds is 0. The van der Waals surface area contributed by atoms with Crippen LogP contribution in [0.2, 0.25) is 0 Å². The maximum Gasteiger partial charge on any atom is 2.00 e. The average molecular weight is 68.4 g/mol. The summed E-state index contributed by atoms with van der Waals surface area (Å²) in [6.45, 7) is 0. The van der Waals surface area contributed by atoms with Crippen LogP contribution in [0.3, 0.4) is 0 Å². The van der Waals surface area contributed by atoms with Gasteiger partial charge in [0.05, 0.1) is 0 Å². The van der Waals surface area contributed by atoms with Crippen LogP contribution >= 0.6 is 0 Å². The molecular formula is CH4MgN2. The quantitative estimate of drug-likeness (QED) is 0.231. The van der Waals surface area contributed by atoms with Gasteiger partial charge >= 0.3 is 23.1 Å². The summed E-state index contributed by atoms with van der Waals surface area (Å²) in [6, 6.07) is 0. The van der Waals surface area contributed by atoms with E-state index in [4.69, 9.17) is 5.26 Å². The van der Waals surface area contributed by atoms with Crippen LogP contribution in [0.5, 0.6) is 0 Å². The summed E-state index contributed by atoms with van der Waals surface area (Å²) in [7, 11) is 0. The second-order valence-corrected chi connectivity index (χ2v) is 0.129. The smallest absolute Gasteiger partial charge is 1.00 e. The van der Waals surface area contributed by atoms with Crippen LogP contribution in [0.4, 0.5) is 0 Å². The predicted molar refractivity (Wildman–Crippen MR) is 17.8 cm³/mol. The fraction of sp³-hybridized carbons (Fsp3) is 0. The van der Waals surface area contributed by atoms with Crippen LogP contribution in [-0.4, -0.2) is 23.1 Å². The van der Waals surface area contributed by atoms with Crippen LogP contribution in [0.25, 0.3) is 0 Å². The van der Waals surface area contributed by atoms with E-state index < -0.39 is 0 Å². The molecule has 0 atom stereocenters. The average Bonchev–Trinajstić information content (AvgIpc) is 0.918. The van der Waals surface area contributed by atoms with Gasteiger partial charge in [-0.05, 0) is 0 Å². The minimum absolute atomic E-state index is 0. The fourth-order valence-electron chi connectivity index (χ4n) is 0. The minimum Gasteiger partial charge on any atom is -1.00 e. The van der Waals surface area contributed by atoms with E-state index in [1.54, 1.807) is 0 Å². The first-order valence-electron chi connectivity index (χ1n) is 0.512. The van der Waals surface area contributed by atoms with Crippen molar-refractivity contribution in [2.45, 2.75) is 0 Å². The predicted octanol–water partition coefficient (Wildman–Crippen LogP) is -0.730. The van der Waals surface area contributed by atoms with Crippen molar-refractivity contribution in [2.24, 2.45) is 5.73 Å². The van der Waals surface area contributed by atoms with Gasteiger partial charge in [0.25, 0.3) is 0 Å². The van der Waals surface area contributed by atoms with Gasteiger partial charge in [0.1, 0.15) is 0 Å². The Morgan fingerprint density at radius 3 is 2.00 bits per heavy atom. The fourth-order valence-corrected chi connectivity index (χ4v) is 0. The summed E-state index contributed by atoms with van der Waals surface area (Å²) in [5, 5.41) is 7.10. The third-order valence-corrected chi connectivity index (χ3v) is 0. The number of nitrogens with two attached hydrogens (primary N) is 1. The van der Waals surface area contributed by atoms with E-state index >= 15 is 0 Å². The molecule has 0 fully saturated rings. The Balaban J connectivity index is -0.00000000667. The molecule has 0 unspecified atom stereocenters. The maximum atomic E-state index is 7.10. The van der Waals surface area contributed by atoms with E-state index in [0.29, 0.717) is 0 Å². The van der Waals surface area contributed by atoms with Crippen molar-refractivity contribution in [1.29, 1.82) is 5.26 Å². The van der Waals surface area contributed by atoms with Gasteiger partial charge in [0, 0.05) is 0 Å². The zero-order valence-corrected chi connectivity index (χ0v) is 3.65. The van der Waals surface area contributed by atoms with Gasteiger partial charge in [-0.1, -0.05) is 0 Å². The van der Waals surface area contributed by atoms with E-state index in [2.05, 4.69) is 5.73 Å². The van der Waals surface area contributed by atoms with Gasteiger partial charge in [-0.3, -0.25) is 0 Å². The Morgan fingerprint density at radius 2 is 2.00 bits per heavy atom. The van der Waals surface area contributed by atoms with Crippen molar-refractivity contribution in [3.8, 4) is 6.19 Å². The van der Waals surface area contributed by atoms with Crippen molar-refractivity contribution in [3.63, 3.8) is 0 Å². The molecule has 0 amide bonds. The van der Waals surface area contributed by atoms with Crippen LogP contribution in [-0.2, 0) is 0 Å². The monoisotopic (exact) mass is 68.0 g/mol. The van der Waals surface area contributed by atoms with Crippen molar-refractivity contribution < 1.29 is 2.85 Å². The molecule has 0 radical (unpaired) electrons. The molecule has 3 heteroatoms. The van der Waals surface area contributed by atoms with E-state index in [1.165, 1.54) is 6.19 Å². The molecule has 4 heavy (non-hydrogen) atoms. The molecule has 20 valence electrons. The first kappa shape index (κ1) is 8.96. The maximum absolute atomic E-state index is 7.10. The second kappa shape index (κ2) is 11.6. The molecule has 0 heterocycles. The summed E-state index contributed by atoms with van der Waals surface area (Å²) >= 11 is 0. The SMILES string of the molecule is N#CN.[H-].[H-].[Mg+2]. The molecule has 0 aromatic rings. The van der Waals surface area contributed by atoms with E-state index in [0.717, 1.165) is 0 Å². The van der Waals surface area contributed by atoms with Crippen molar-refractivity contribution in [1.82, 2.24) is 0 Å².